The van der Waals surface area contributed by atoms with Crippen molar-refractivity contribution in [2.75, 3.05) is 45.2 Å². The molecule has 1 saturated heterocycles. The van der Waals surface area contributed by atoms with Crippen molar-refractivity contribution in [2.45, 2.75) is 31.2 Å². The molecule has 1 aliphatic rings. The molecule has 134 valence electrons. The van der Waals surface area contributed by atoms with E-state index in [1.807, 2.05) is 31.2 Å². The van der Waals surface area contributed by atoms with Crippen LogP contribution in [0.3, 0.4) is 0 Å². The molecule has 24 heavy (non-hydrogen) atoms. The molecule has 1 aliphatic heterocycles. The maximum Gasteiger partial charge on any atom is 0.230 e. The summed E-state index contributed by atoms with van der Waals surface area (Å²) in [7, 11) is 0. The molecule has 1 amide bonds. The average molecular weight is 353 g/mol. The fourth-order valence-corrected chi connectivity index (χ4v) is 3.32. The summed E-state index contributed by atoms with van der Waals surface area (Å²) in [4.78, 5) is 15.6. The Kier molecular flexibility index (Phi) is 7.40. The summed E-state index contributed by atoms with van der Waals surface area (Å²) in [6.07, 6.45) is 0. The zero-order valence-electron chi connectivity index (χ0n) is 14.8. The fraction of sp³-hybridized carbons (Fsp3) is 0.611. The molecule has 1 heterocycles. The van der Waals surface area contributed by atoms with E-state index < -0.39 is 0 Å². The summed E-state index contributed by atoms with van der Waals surface area (Å²) in [5.74, 6) is 1.35. The number of morpholine rings is 1. The van der Waals surface area contributed by atoms with Gasteiger partial charge in [-0.3, -0.25) is 9.69 Å². The van der Waals surface area contributed by atoms with E-state index in [-0.39, 0.29) is 11.4 Å². The van der Waals surface area contributed by atoms with Gasteiger partial charge in [-0.2, -0.15) is 0 Å². The molecular weight excluding hydrogens is 324 g/mol. The first-order valence-corrected chi connectivity index (χ1v) is 9.45. The number of nitrogens with one attached hydrogen (secondary N) is 1. The van der Waals surface area contributed by atoms with Crippen molar-refractivity contribution in [3.05, 3.63) is 24.3 Å². The van der Waals surface area contributed by atoms with Crippen LogP contribution in [0.2, 0.25) is 0 Å². The Morgan fingerprint density at radius 1 is 1.29 bits per heavy atom. The van der Waals surface area contributed by atoms with Crippen LogP contribution in [-0.4, -0.2) is 61.6 Å². The van der Waals surface area contributed by atoms with Gasteiger partial charge in [-0.05, 0) is 45.0 Å². The lowest BCUT2D eigenvalue weighted by atomic mass is 10.0. The van der Waals surface area contributed by atoms with Crippen molar-refractivity contribution in [2.24, 2.45) is 0 Å². The minimum absolute atomic E-state index is 0.0523. The molecule has 1 aromatic rings. The number of hydrogen-bond acceptors (Lipinski definition) is 5. The van der Waals surface area contributed by atoms with Gasteiger partial charge in [0, 0.05) is 30.1 Å². The normalized spacial score (nSPS) is 16.0. The number of nitrogens with zero attached hydrogens (tertiary/aromatic N) is 1. The lowest BCUT2D eigenvalue weighted by molar-refractivity contribution is -0.119. The Hall–Kier alpha value is -1.24. The van der Waals surface area contributed by atoms with E-state index in [1.54, 1.807) is 11.8 Å². The second-order valence-electron chi connectivity index (χ2n) is 6.38. The fourth-order valence-electron chi connectivity index (χ4n) is 2.59. The standard InChI is InChI=1S/C18H28N2O3S/c1-4-23-15-5-7-16(8-6-15)24-13-17(21)19-14-18(2,3)20-9-11-22-12-10-20/h5-8H,4,9-14H2,1-3H3,(H,19,21). The monoisotopic (exact) mass is 352 g/mol. The van der Waals surface area contributed by atoms with Gasteiger partial charge in [0.05, 0.1) is 25.6 Å². The SMILES string of the molecule is CCOc1ccc(SCC(=O)NCC(C)(C)N2CCOCC2)cc1. The van der Waals surface area contributed by atoms with E-state index in [2.05, 4.69) is 24.1 Å². The summed E-state index contributed by atoms with van der Waals surface area (Å²) >= 11 is 1.54. The van der Waals surface area contributed by atoms with Gasteiger partial charge in [0.1, 0.15) is 5.75 Å². The average Bonchev–Trinajstić information content (AvgIpc) is 2.60. The number of amides is 1. The second-order valence-corrected chi connectivity index (χ2v) is 7.43. The topological polar surface area (TPSA) is 50.8 Å². The summed E-state index contributed by atoms with van der Waals surface area (Å²) in [6.45, 7) is 11.0. The van der Waals surface area contributed by atoms with Gasteiger partial charge in [-0.15, -0.1) is 11.8 Å². The van der Waals surface area contributed by atoms with Crippen LogP contribution in [0.4, 0.5) is 0 Å². The van der Waals surface area contributed by atoms with Gasteiger partial charge < -0.3 is 14.8 Å². The smallest absolute Gasteiger partial charge is 0.230 e. The highest BCUT2D eigenvalue weighted by atomic mass is 32.2. The van der Waals surface area contributed by atoms with Crippen molar-refractivity contribution >= 4 is 17.7 Å². The quantitative estimate of drug-likeness (QED) is 0.728. The molecule has 0 spiro atoms. The van der Waals surface area contributed by atoms with E-state index in [9.17, 15) is 4.79 Å². The highest BCUT2D eigenvalue weighted by molar-refractivity contribution is 8.00. The number of hydrogen-bond donors (Lipinski definition) is 1. The molecule has 6 heteroatoms. The first-order chi connectivity index (χ1) is 11.5. The Balaban J connectivity index is 1.72. The Bertz CT molecular complexity index is 514. The van der Waals surface area contributed by atoms with Crippen molar-refractivity contribution < 1.29 is 14.3 Å². The summed E-state index contributed by atoms with van der Waals surface area (Å²) in [5, 5.41) is 3.06. The van der Waals surface area contributed by atoms with Gasteiger partial charge in [0.25, 0.3) is 0 Å². The zero-order chi connectivity index (χ0) is 17.4. The molecule has 2 rings (SSSR count). The molecule has 1 N–H and O–H groups in total. The predicted molar refractivity (Wildman–Crippen MR) is 97.8 cm³/mol. The van der Waals surface area contributed by atoms with Crippen LogP contribution in [0, 0.1) is 0 Å². The Morgan fingerprint density at radius 2 is 1.96 bits per heavy atom. The molecular formula is C18H28N2O3S. The Morgan fingerprint density at radius 3 is 2.58 bits per heavy atom. The zero-order valence-corrected chi connectivity index (χ0v) is 15.7. The third-order valence-electron chi connectivity index (χ3n) is 4.09. The number of rotatable bonds is 8. The number of carbonyl (C=O) groups excluding carboxylic acids is 1. The van der Waals surface area contributed by atoms with Crippen LogP contribution < -0.4 is 10.1 Å². The number of benzene rings is 1. The molecule has 5 nitrogen and oxygen atoms in total. The van der Waals surface area contributed by atoms with Gasteiger partial charge in [0.15, 0.2) is 0 Å². The number of ether oxygens (including phenoxy) is 2. The summed E-state index contributed by atoms with van der Waals surface area (Å²) in [5.41, 5.74) is -0.0523. The first-order valence-electron chi connectivity index (χ1n) is 8.46. The van der Waals surface area contributed by atoms with Crippen LogP contribution in [-0.2, 0) is 9.53 Å². The van der Waals surface area contributed by atoms with Crippen LogP contribution >= 0.6 is 11.8 Å². The second kappa shape index (κ2) is 9.30. The lowest BCUT2D eigenvalue weighted by Gasteiger charge is -2.40. The molecule has 0 atom stereocenters. The molecule has 0 aromatic heterocycles. The molecule has 0 unspecified atom stereocenters. The van der Waals surface area contributed by atoms with Crippen molar-refractivity contribution in [3.8, 4) is 5.75 Å². The van der Waals surface area contributed by atoms with E-state index in [4.69, 9.17) is 9.47 Å². The maximum atomic E-state index is 12.1. The molecule has 0 bridgehead atoms. The van der Waals surface area contributed by atoms with E-state index in [0.29, 0.717) is 18.9 Å². The van der Waals surface area contributed by atoms with E-state index in [0.717, 1.165) is 36.9 Å². The van der Waals surface area contributed by atoms with Crippen molar-refractivity contribution in [1.82, 2.24) is 10.2 Å². The molecule has 0 aliphatic carbocycles. The van der Waals surface area contributed by atoms with Gasteiger partial charge in [0.2, 0.25) is 5.91 Å². The lowest BCUT2D eigenvalue weighted by Crippen LogP contribution is -2.55. The van der Waals surface area contributed by atoms with Gasteiger partial charge in [-0.25, -0.2) is 0 Å². The van der Waals surface area contributed by atoms with Crippen molar-refractivity contribution in [3.63, 3.8) is 0 Å². The Labute approximate surface area is 149 Å². The minimum Gasteiger partial charge on any atom is -0.494 e. The highest BCUT2D eigenvalue weighted by Crippen LogP contribution is 2.21. The molecule has 0 radical (unpaired) electrons. The molecule has 1 fully saturated rings. The van der Waals surface area contributed by atoms with Crippen molar-refractivity contribution in [1.29, 1.82) is 0 Å². The maximum absolute atomic E-state index is 12.1. The first kappa shape index (κ1) is 19.1. The van der Waals surface area contributed by atoms with E-state index >= 15 is 0 Å². The van der Waals surface area contributed by atoms with Crippen LogP contribution in [0.1, 0.15) is 20.8 Å². The predicted octanol–water partition coefficient (Wildman–Crippen LogP) is 2.40. The summed E-state index contributed by atoms with van der Waals surface area (Å²) in [6, 6.07) is 7.85. The third kappa shape index (κ3) is 6.00. The van der Waals surface area contributed by atoms with E-state index in [1.165, 1.54) is 0 Å². The van der Waals surface area contributed by atoms with Gasteiger partial charge >= 0.3 is 0 Å². The number of carbonyl (C=O) groups is 1. The van der Waals surface area contributed by atoms with Crippen LogP contribution in [0.25, 0.3) is 0 Å². The highest BCUT2D eigenvalue weighted by Gasteiger charge is 2.28. The van der Waals surface area contributed by atoms with Crippen LogP contribution in [0.15, 0.2) is 29.2 Å². The minimum atomic E-state index is -0.0523. The molecule has 1 aromatic carbocycles. The number of thioether (sulfide) groups is 1. The van der Waals surface area contributed by atoms with Crippen LogP contribution in [0.5, 0.6) is 5.75 Å². The third-order valence-corrected chi connectivity index (χ3v) is 5.10. The molecule has 0 saturated carbocycles. The largest absolute Gasteiger partial charge is 0.494 e. The van der Waals surface area contributed by atoms with Gasteiger partial charge in [-0.1, -0.05) is 0 Å². The summed E-state index contributed by atoms with van der Waals surface area (Å²) < 4.78 is 10.8.